The molecule has 60 valence electrons. The van der Waals surface area contributed by atoms with Gasteiger partial charge in [0.15, 0.2) is 0 Å². The molecule has 1 heterocycles. The van der Waals surface area contributed by atoms with Gasteiger partial charge in [-0.25, -0.2) is 4.98 Å². The van der Waals surface area contributed by atoms with Crippen molar-refractivity contribution in [1.82, 2.24) is 14.9 Å². The molecule has 0 saturated carbocycles. The van der Waals surface area contributed by atoms with E-state index in [2.05, 4.69) is 9.97 Å². The smallest absolute Gasteiger partial charge is 0.147 e. The lowest BCUT2D eigenvalue weighted by Gasteiger charge is -2.07. The molecule has 0 aromatic carbocycles. The highest BCUT2D eigenvalue weighted by Crippen LogP contribution is 2.01. The summed E-state index contributed by atoms with van der Waals surface area (Å²) in [6.45, 7) is 0.796. The molecule has 4 heteroatoms. The number of hydrogen-bond donors (Lipinski definition) is 0. The van der Waals surface area contributed by atoms with Gasteiger partial charge in [0.2, 0.25) is 0 Å². The molecule has 1 rings (SSSR count). The Morgan fingerprint density at radius 2 is 2.09 bits per heavy atom. The maximum Gasteiger partial charge on any atom is 0.147 e. The van der Waals surface area contributed by atoms with Crippen LogP contribution in [0, 0.1) is 0 Å². The molecule has 0 fully saturated rings. The Hall–Kier alpha value is -0.670. The second kappa shape index (κ2) is 3.64. The Labute approximate surface area is 71.0 Å². The van der Waals surface area contributed by atoms with Gasteiger partial charge in [0, 0.05) is 6.54 Å². The molecule has 0 bridgehead atoms. The third-order valence-corrected chi connectivity index (χ3v) is 1.35. The highest BCUT2D eigenvalue weighted by Gasteiger charge is 1.96. The van der Waals surface area contributed by atoms with Gasteiger partial charge < -0.3 is 4.90 Å². The molecule has 0 spiro atoms. The first-order valence-electron chi connectivity index (χ1n) is 3.29. The Balaban J connectivity index is 2.66. The van der Waals surface area contributed by atoms with Crippen LogP contribution in [0.25, 0.3) is 0 Å². The second-order valence-electron chi connectivity index (χ2n) is 2.57. The molecule has 0 unspecified atom stereocenters. The molecule has 0 N–H and O–H groups in total. The van der Waals surface area contributed by atoms with E-state index >= 15 is 0 Å². The van der Waals surface area contributed by atoms with Gasteiger partial charge in [0.25, 0.3) is 0 Å². The Bertz CT molecular complexity index is 220. The van der Waals surface area contributed by atoms with E-state index in [-0.39, 0.29) is 0 Å². The van der Waals surface area contributed by atoms with Gasteiger partial charge in [0.1, 0.15) is 5.15 Å². The third-order valence-electron chi connectivity index (χ3n) is 1.15. The summed E-state index contributed by atoms with van der Waals surface area (Å²) in [5.41, 5.74) is 0.930. The van der Waals surface area contributed by atoms with Gasteiger partial charge in [-0.15, -0.1) is 0 Å². The monoisotopic (exact) mass is 171 g/mol. The predicted octanol–water partition coefficient (Wildman–Crippen LogP) is 1.19. The van der Waals surface area contributed by atoms with Gasteiger partial charge in [-0.1, -0.05) is 11.6 Å². The fraction of sp³-hybridized carbons (Fsp3) is 0.429. The average molecular weight is 172 g/mol. The van der Waals surface area contributed by atoms with Crippen molar-refractivity contribution in [3.05, 3.63) is 23.2 Å². The van der Waals surface area contributed by atoms with E-state index in [1.807, 2.05) is 19.0 Å². The van der Waals surface area contributed by atoms with E-state index in [0.29, 0.717) is 5.15 Å². The summed E-state index contributed by atoms with van der Waals surface area (Å²) in [6.07, 6.45) is 3.24. The minimum absolute atomic E-state index is 0.438. The first-order valence-corrected chi connectivity index (χ1v) is 3.67. The van der Waals surface area contributed by atoms with E-state index in [1.165, 1.54) is 0 Å². The van der Waals surface area contributed by atoms with Crippen molar-refractivity contribution in [2.24, 2.45) is 0 Å². The van der Waals surface area contributed by atoms with Gasteiger partial charge in [-0.3, -0.25) is 4.98 Å². The molecule has 0 amide bonds. The van der Waals surface area contributed by atoms with Gasteiger partial charge in [0.05, 0.1) is 18.1 Å². The molecule has 1 aromatic heterocycles. The normalized spacial score (nSPS) is 10.5. The second-order valence-corrected chi connectivity index (χ2v) is 2.96. The van der Waals surface area contributed by atoms with Crippen LogP contribution in [0.5, 0.6) is 0 Å². The highest BCUT2D eigenvalue weighted by atomic mass is 35.5. The summed E-state index contributed by atoms with van der Waals surface area (Å²) in [4.78, 5) is 10.0. The Morgan fingerprint density at radius 3 is 2.55 bits per heavy atom. The summed E-state index contributed by atoms with van der Waals surface area (Å²) in [6, 6.07) is 0. The number of hydrogen-bond acceptors (Lipinski definition) is 3. The fourth-order valence-corrected chi connectivity index (χ4v) is 0.842. The molecule has 3 nitrogen and oxygen atoms in total. The van der Waals surface area contributed by atoms with Crippen LogP contribution in [0.15, 0.2) is 12.4 Å². The molecular formula is C7H10ClN3. The van der Waals surface area contributed by atoms with Crippen LogP contribution in [0.3, 0.4) is 0 Å². The Morgan fingerprint density at radius 1 is 1.36 bits per heavy atom. The van der Waals surface area contributed by atoms with Crippen LogP contribution in [-0.2, 0) is 6.54 Å². The van der Waals surface area contributed by atoms with Crippen molar-refractivity contribution in [2.75, 3.05) is 14.1 Å². The van der Waals surface area contributed by atoms with E-state index in [4.69, 9.17) is 11.6 Å². The van der Waals surface area contributed by atoms with Crippen LogP contribution < -0.4 is 0 Å². The first-order chi connectivity index (χ1) is 5.18. The minimum Gasteiger partial charge on any atom is -0.304 e. The van der Waals surface area contributed by atoms with Crippen molar-refractivity contribution < 1.29 is 0 Å². The van der Waals surface area contributed by atoms with Crippen LogP contribution in [-0.4, -0.2) is 29.0 Å². The highest BCUT2D eigenvalue weighted by molar-refractivity contribution is 6.29. The standard InChI is InChI=1S/C7H10ClN3/c1-11(2)5-6-3-10-7(8)4-9-6/h3-4H,5H2,1-2H3. The summed E-state index contributed by atoms with van der Waals surface area (Å²) in [7, 11) is 3.96. The molecular weight excluding hydrogens is 162 g/mol. The Kier molecular flexibility index (Phi) is 2.79. The fourth-order valence-electron chi connectivity index (χ4n) is 0.745. The van der Waals surface area contributed by atoms with E-state index in [9.17, 15) is 0 Å². The first kappa shape index (κ1) is 8.43. The summed E-state index contributed by atoms with van der Waals surface area (Å²) in [5, 5.41) is 0.438. The summed E-state index contributed by atoms with van der Waals surface area (Å²) >= 11 is 5.56. The lowest BCUT2D eigenvalue weighted by Crippen LogP contribution is -2.11. The quantitative estimate of drug-likeness (QED) is 0.670. The average Bonchev–Trinajstić information content (AvgIpc) is 1.93. The molecule has 0 aliphatic heterocycles. The van der Waals surface area contributed by atoms with Crippen molar-refractivity contribution >= 4 is 11.6 Å². The van der Waals surface area contributed by atoms with E-state index in [1.54, 1.807) is 12.4 Å². The van der Waals surface area contributed by atoms with Crippen molar-refractivity contribution in [3.8, 4) is 0 Å². The number of nitrogens with zero attached hydrogens (tertiary/aromatic N) is 3. The van der Waals surface area contributed by atoms with Crippen LogP contribution in [0.1, 0.15) is 5.69 Å². The molecule has 11 heavy (non-hydrogen) atoms. The maximum atomic E-state index is 5.56. The minimum atomic E-state index is 0.438. The van der Waals surface area contributed by atoms with E-state index in [0.717, 1.165) is 12.2 Å². The van der Waals surface area contributed by atoms with Gasteiger partial charge >= 0.3 is 0 Å². The topological polar surface area (TPSA) is 29.0 Å². The van der Waals surface area contributed by atoms with Crippen molar-refractivity contribution in [2.45, 2.75) is 6.54 Å². The zero-order valence-electron chi connectivity index (χ0n) is 6.58. The van der Waals surface area contributed by atoms with Crippen LogP contribution in [0.4, 0.5) is 0 Å². The van der Waals surface area contributed by atoms with Crippen molar-refractivity contribution in [1.29, 1.82) is 0 Å². The van der Waals surface area contributed by atoms with Crippen LogP contribution >= 0.6 is 11.6 Å². The van der Waals surface area contributed by atoms with Gasteiger partial charge in [-0.2, -0.15) is 0 Å². The van der Waals surface area contributed by atoms with Crippen LogP contribution in [0.2, 0.25) is 5.15 Å². The van der Waals surface area contributed by atoms with E-state index < -0.39 is 0 Å². The lowest BCUT2D eigenvalue weighted by atomic mass is 10.4. The number of rotatable bonds is 2. The third kappa shape index (κ3) is 2.82. The molecule has 0 radical (unpaired) electrons. The molecule has 0 atom stereocenters. The molecule has 0 aliphatic rings. The lowest BCUT2D eigenvalue weighted by molar-refractivity contribution is 0.396. The predicted molar refractivity (Wildman–Crippen MR) is 44.4 cm³/mol. The van der Waals surface area contributed by atoms with Gasteiger partial charge in [-0.05, 0) is 14.1 Å². The SMILES string of the molecule is CN(C)Cc1cnc(Cl)cn1. The largest absolute Gasteiger partial charge is 0.304 e. The molecule has 0 saturated heterocycles. The summed E-state index contributed by atoms with van der Waals surface area (Å²) < 4.78 is 0. The molecule has 1 aromatic rings. The number of aromatic nitrogens is 2. The summed E-state index contributed by atoms with van der Waals surface area (Å²) in [5.74, 6) is 0. The zero-order chi connectivity index (χ0) is 8.27. The molecule has 0 aliphatic carbocycles. The van der Waals surface area contributed by atoms with Crippen molar-refractivity contribution in [3.63, 3.8) is 0 Å². The number of halogens is 1. The zero-order valence-corrected chi connectivity index (χ0v) is 7.34. The maximum absolute atomic E-state index is 5.56.